The lowest BCUT2D eigenvalue weighted by molar-refractivity contribution is -0.145. The number of anilines is 1. The Morgan fingerprint density at radius 2 is 2.15 bits per heavy atom. The molecule has 2 atom stereocenters. The van der Waals surface area contributed by atoms with Crippen molar-refractivity contribution in [3.8, 4) is 0 Å². The molecule has 0 saturated heterocycles. The van der Waals surface area contributed by atoms with E-state index in [0.717, 1.165) is 6.07 Å². The summed E-state index contributed by atoms with van der Waals surface area (Å²) in [6, 6.07) is 5.20. The number of carbonyl (C=O) groups is 1. The standard InChI is InChI=1S/C13H16FNO4S/c1-19-13(16)11-6-3-7-12(11)20(17,18)15-10-5-2-4-9(14)8-10/h2,4-5,8,11-12,15H,3,6-7H2,1H3. The van der Waals surface area contributed by atoms with Crippen molar-refractivity contribution in [3.05, 3.63) is 30.1 Å². The molecule has 1 aromatic carbocycles. The van der Waals surface area contributed by atoms with E-state index in [0.29, 0.717) is 19.3 Å². The number of nitrogens with one attached hydrogen (secondary N) is 1. The van der Waals surface area contributed by atoms with Crippen molar-refractivity contribution in [1.29, 1.82) is 0 Å². The van der Waals surface area contributed by atoms with E-state index >= 15 is 0 Å². The zero-order chi connectivity index (χ0) is 14.8. The van der Waals surface area contributed by atoms with E-state index in [1.54, 1.807) is 0 Å². The average Bonchev–Trinajstić information content (AvgIpc) is 2.87. The van der Waals surface area contributed by atoms with Gasteiger partial charge in [0, 0.05) is 0 Å². The third-order valence-electron chi connectivity index (χ3n) is 3.44. The van der Waals surface area contributed by atoms with Crippen LogP contribution < -0.4 is 4.72 Å². The number of sulfonamides is 1. The first-order valence-electron chi connectivity index (χ1n) is 6.29. The Bertz CT molecular complexity index is 602. The molecule has 110 valence electrons. The molecule has 1 aliphatic rings. The molecule has 5 nitrogen and oxygen atoms in total. The number of hydrogen-bond acceptors (Lipinski definition) is 4. The minimum Gasteiger partial charge on any atom is -0.469 e. The highest BCUT2D eigenvalue weighted by atomic mass is 32.2. The fourth-order valence-electron chi connectivity index (χ4n) is 2.51. The van der Waals surface area contributed by atoms with Crippen LogP contribution in [0.3, 0.4) is 0 Å². The van der Waals surface area contributed by atoms with Crippen LogP contribution in [-0.2, 0) is 19.6 Å². The Hall–Kier alpha value is -1.63. The minimum absolute atomic E-state index is 0.153. The molecule has 1 aliphatic carbocycles. The van der Waals surface area contributed by atoms with Crippen molar-refractivity contribution < 1.29 is 22.3 Å². The number of esters is 1. The number of ether oxygens (including phenoxy) is 1. The topological polar surface area (TPSA) is 72.5 Å². The third-order valence-corrected chi connectivity index (χ3v) is 5.32. The lowest BCUT2D eigenvalue weighted by atomic mass is 10.1. The van der Waals surface area contributed by atoms with E-state index in [-0.39, 0.29) is 5.69 Å². The Balaban J connectivity index is 2.19. The molecule has 0 aliphatic heterocycles. The molecule has 1 N–H and O–H groups in total. The lowest BCUT2D eigenvalue weighted by Gasteiger charge is -2.19. The Kier molecular flexibility index (Phi) is 4.27. The maximum absolute atomic E-state index is 13.1. The molecule has 1 saturated carbocycles. The van der Waals surface area contributed by atoms with Crippen LogP contribution in [0.5, 0.6) is 0 Å². The van der Waals surface area contributed by atoms with Crippen molar-refractivity contribution in [2.75, 3.05) is 11.8 Å². The molecule has 20 heavy (non-hydrogen) atoms. The number of rotatable bonds is 4. The van der Waals surface area contributed by atoms with Gasteiger partial charge >= 0.3 is 5.97 Å². The summed E-state index contributed by atoms with van der Waals surface area (Å²) in [5.74, 6) is -1.70. The van der Waals surface area contributed by atoms with Gasteiger partial charge in [0.2, 0.25) is 10.0 Å². The van der Waals surface area contributed by atoms with Gasteiger partial charge in [-0.05, 0) is 31.0 Å². The molecule has 0 aromatic heterocycles. The first-order valence-corrected chi connectivity index (χ1v) is 7.83. The SMILES string of the molecule is COC(=O)C1CCCC1S(=O)(=O)Nc1cccc(F)c1. The Labute approximate surface area is 117 Å². The van der Waals surface area contributed by atoms with Gasteiger partial charge in [0.25, 0.3) is 0 Å². The van der Waals surface area contributed by atoms with Crippen LogP contribution in [-0.4, -0.2) is 26.7 Å². The monoisotopic (exact) mass is 301 g/mol. The summed E-state index contributed by atoms with van der Waals surface area (Å²) >= 11 is 0. The van der Waals surface area contributed by atoms with Gasteiger partial charge in [-0.2, -0.15) is 0 Å². The first kappa shape index (κ1) is 14.8. The second-order valence-corrected chi connectivity index (χ2v) is 6.66. The van der Waals surface area contributed by atoms with E-state index in [9.17, 15) is 17.6 Å². The van der Waals surface area contributed by atoms with Crippen LogP contribution >= 0.6 is 0 Å². The summed E-state index contributed by atoms with van der Waals surface area (Å²) in [7, 11) is -2.51. The van der Waals surface area contributed by atoms with Crippen LogP contribution in [0.25, 0.3) is 0 Å². The highest BCUT2D eigenvalue weighted by Crippen LogP contribution is 2.33. The molecule has 0 amide bonds. The molecule has 7 heteroatoms. The summed E-state index contributed by atoms with van der Waals surface area (Å²) in [5.41, 5.74) is 0.153. The van der Waals surface area contributed by atoms with Gasteiger partial charge in [-0.15, -0.1) is 0 Å². The largest absolute Gasteiger partial charge is 0.469 e. The summed E-state index contributed by atoms with van der Waals surface area (Å²) in [6.45, 7) is 0. The minimum atomic E-state index is -3.75. The van der Waals surface area contributed by atoms with E-state index in [1.165, 1.54) is 25.3 Å². The quantitative estimate of drug-likeness (QED) is 0.862. The average molecular weight is 301 g/mol. The maximum Gasteiger partial charge on any atom is 0.310 e. The van der Waals surface area contributed by atoms with Crippen molar-refractivity contribution in [3.63, 3.8) is 0 Å². The molecule has 0 bridgehead atoms. The normalized spacial score (nSPS) is 22.5. The highest BCUT2D eigenvalue weighted by molar-refractivity contribution is 7.93. The van der Waals surface area contributed by atoms with Crippen LogP contribution in [0.2, 0.25) is 0 Å². The number of carbonyl (C=O) groups excluding carboxylic acids is 1. The second kappa shape index (κ2) is 5.78. The van der Waals surface area contributed by atoms with Gasteiger partial charge < -0.3 is 4.74 Å². The lowest BCUT2D eigenvalue weighted by Crippen LogP contribution is -2.35. The molecule has 2 unspecified atom stereocenters. The van der Waals surface area contributed by atoms with Gasteiger partial charge in [0.1, 0.15) is 5.82 Å². The van der Waals surface area contributed by atoms with Gasteiger partial charge in [-0.3, -0.25) is 9.52 Å². The Morgan fingerprint density at radius 3 is 2.80 bits per heavy atom. The predicted octanol–water partition coefficient (Wildman–Crippen LogP) is 1.91. The molecule has 0 heterocycles. The van der Waals surface area contributed by atoms with Gasteiger partial charge in [0.15, 0.2) is 0 Å². The third kappa shape index (κ3) is 3.09. The first-order chi connectivity index (χ1) is 9.44. The van der Waals surface area contributed by atoms with Crippen LogP contribution in [0.1, 0.15) is 19.3 Å². The molecule has 0 spiro atoms. The molecule has 2 rings (SSSR count). The van der Waals surface area contributed by atoms with Crippen molar-refractivity contribution in [2.24, 2.45) is 5.92 Å². The van der Waals surface area contributed by atoms with E-state index in [2.05, 4.69) is 9.46 Å². The summed E-state index contributed by atoms with van der Waals surface area (Å²) in [5, 5.41) is -0.835. The Morgan fingerprint density at radius 1 is 1.40 bits per heavy atom. The molecule has 0 radical (unpaired) electrons. The highest BCUT2D eigenvalue weighted by Gasteiger charge is 2.42. The fourth-order valence-corrected chi connectivity index (χ4v) is 4.27. The summed E-state index contributed by atoms with van der Waals surface area (Å²) < 4.78 is 44.6. The predicted molar refractivity (Wildman–Crippen MR) is 72.1 cm³/mol. The number of hydrogen-bond donors (Lipinski definition) is 1. The van der Waals surface area contributed by atoms with Gasteiger partial charge in [0.05, 0.1) is 24.0 Å². The van der Waals surface area contributed by atoms with Gasteiger partial charge in [-0.1, -0.05) is 12.5 Å². The van der Waals surface area contributed by atoms with Gasteiger partial charge in [-0.25, -0.2) is 12.8 Å². The maximum atomic E-state index is 13.1. The summed E-state index contributed by atoms with van der Waals surface area (Å²) in [4.78, 5) is 11.6. The molecular formula is C13H16FNO4S. The number of methoxy groups -OCH3 is 1. The smallest absolute Gasteiger partial charge is 0.310 e. The second-order valence-electron chi connectivity index (χ2n) is 4.76. The zero-order valence-corrected chi connectivity index (χ0v) is 11.8. The van der Waals surface area contributed by atoms with E-state index in [1.807, 2.05) is 0 Å². The van der Waals surface area contributed by atoms with Crippen molar-refractivity contribution >= 4 is 21.7 Å². The summed E-state index contributed by atoms with van der Waals surface area (Å²) in [6.07, 6.45) is 1.53. The molecular weight excluding hydrogens is 285 g/mol. The number of benzene rings is 1. The van der Waals surface area contributed by atoms with Crippen LogP contribution in [0.15, 0.2) is 24.3 Å². The van der Waals surface area contributed by atoms with E-state index in [4.69, 9.17) is 0 Å². The van der Waals surface area contributed by atoms with Crippen molar-refractivity contribution in [2.45, 2.75) is 24.5 Å². The van der Waals surface area contributed by atoms with Crippen molar-refractivity contribution in [1.82, 2.24) is 0 Å². The molecule has 1 aromatic rings. The number of halogens is 1. The van der Waals surface area contributed by atoms with Crippen LogP contribution in [0, 0.1) is 11.7 Å². The zero-order valence-electron chi connectivity index (χ0n) is 11.0. The van der Waals surface area contributed by atoms with Crippen LogP contribution in [0.4, 0.5) is 10.1 Å². The van der Waals surface area contributed by atoms with E-state index < -0.39 is 33.0 Å². The fraction of sp³-hybridized carbons (Fsp3) is 0.462. The molecule has 1 fully saturated rings.